The van der Waals surface area contributed by atoms with Crippen molar-refractivity contribution in [2.45, 2.75) is 85.3 Å². The zero-order valence-electron chi connectivity index (χ0n) is 31.6. The highest BCUT2D eigenvalue weighted by Gasteiger charge is 2.63. The molecule has 0 spiro atoms. The van der Waals surface area contributed by atoms with Crippen molar-refractivity contribution in [1.82, 2.24) is 0 Å². The Labute approximate surface area is 344 Å². The van der Waals surface area contributed by atoms with Crippen LogP contribution in [-0.4, -0.2) is 162 Å². The second kappa shape index (κ2) is 15.1. The molecule has 324 valence electrons. The zero-order chi connectivity index (χ0) is 44.2. The lowest BCUT2D eigenvalue weighted by Crippen LogP contribution is -2.65. The van der Waals surface area contributed by atoms with Crippen molar-refractivity contribution in [2.75, 3.05) is 13.2 Å². The minimum Gasteiger partial charge on any atom is -0.507 e. The number of benzene rings is 4. The summed E-state index contributed by atoms with van der Waals surface area (Å²) in [7, 11) is 0. The van der Waals surface area contributed by atoms with Crippen LogP contribution < -0.4 is 0 Å². The highest BCUT2D eigenvalue weighted by molar-refractivity contribution is 6.18. The fourth-order valence-electron chi connectivity index (χ4n) is 9.71. The number of rotatable bonds is 7. The van der Waals surface area contributed by atoms with E-state index in [1.165, 1.54) is 18.2 Å². The summed E-state index contributed by atoms with van der Waals surface area (Å²) in [6.45, 7) is -3.48. The molecule has 0 bridgehead atoms. The van der Waals surface area contributed by atoms with Crippen LogP contribution in [0, 0.1) is 0 Å². The van der Waals surface area contributed by atoms with Gasteiger partial charge in [0, 0.05) is 16.7 Å². The number of aliphatic hydroxyl groups excluding tert-OH is 10. The number of ketones is 2. The molecule has 0 unspecified atom stereocenters. The van der Waals surface area contributed by atoms with Gasteiger partial charge in [0.1, 0.15) is 89.6 Å². The van der Waals surface area contributed by atoms with E-state index < -0.39 is 172 Å². The number of phenols is 4. The van der Waals surface area contributed by atoms with Crippen LogP contribution in [0.1, 0.15) is 70.8 Å². The van der Waals surface area contributed by atoms with Gasteiger partial charge in [-0.15, -0.1) is 0 Å². The van der Waals surface area contributed by atoms with Gasteiger partial charge in [-0.05, 0) is 46.5 Å². The molecule has 0 aromatic heterocycles. The Morgan fingerprint density at radius 1 is 0.492 bits per heavy atom. The standard InChI is InChI=1S/C42H42O19/c43-10-14-6-19-27(22(48)8-14)33(53)26-16(2-1-3-21(26)47)41(19,39-37(57)35(55)31(51)24(12-45)60-39)18-5-4-17-29(30(18)50)34(54)28-20(7-15(11-44)9-23(28)49)42(17,59)40-38(58)36(56)32(52)25(13-46)61-40/h1-9,24-25,31-32,35-40,43-52,55-59H,10-13H2/t24-,25-,31+,32+,35-,36+,37-,38+,39-,40-,41-,42+/m1/s1. The maximum atomic E-state index is 14.9. The SMILES string of the molecule is O=C1c2c(O)cccc2[C@](c2ccc3c(c2O)C(=O)c2c(O)cc(CO)cc2[C@]3(O)[C@@H]2O[C@H](CO)[C@H](O)[C@H](O)[C@@H]2O)([C@@H]2O[C@H](CO)[C@H](O)[C@@H](O)[C@H]2O)c2cc(CO)cc(O)c21. The van der Waals surface area contributed by atoms with Crippen molar-refractivity contribution in [2.24, 2.45) is 0 Å². The van der Waals surface area contributed by atoms with Gasteiger partial charge in [0.05, 0.1) is 54.1 Å². The maximum Gasteiger partial charge on any atom is 0.201 e. The fraction of sp³-hybridized carbons (Fsp3) is 0.381. The third-order valence-electron chi connectivity index (χ3n) is 12.6. The summed E-state index contributed by atoms with van der Waals surface area (Å²) < 4.78 is 12.0. The Morgan fingerprint density at radius 2 is 0.967 bits per heavy atom. The van der Waals surface area contributed by atoms with Crippen molar-refractivity contribution in [3.05, 3.63) is 116 Å². The summed E-state index contributed by atoms with van der Waals surface area (Å²) in [6.07, 6.45) is -20.1. The van der Waals surface area contributed by atoms with E-state index in [9.17, 15) is 86.2 Å². The zero-order valence-corrected chi connectivity index (χ0v) is 31.6. The Kier molecular flexibility index (Phi) is 10.5. The molecule has 8 rings (SSSR count). The first-order valence-corrected chi connectivity index (χ1v) is 19.0. The van der Waals surface area contributed by atoms with Gasteiger partial charge in [0.15, 0.2) is 0 Å². The van der Waals surface area contributed by atoms with Crippen molar-refractivity contribution in [3.8, 4) is 23.0 Å². The molecule has 2 fully saturated rings. The Morgan fingerprint density at radius 3 is 1.52 bits per heavy atom. The molecule has 0 saturated carbocycles. The van der Waals surface area contributed by atoms with Gasteiger partial charge in [0.2, 0.25) is 11.6 Å². The molecule has 4 aliphatic rings. The van der Waals surface area contributed by atoms with Crippen molar-refractivity contribution in [1.29, 1.82) is 0 Å². The fourth-order valence-corrected chi connectivity index (χ4v) is 9.71. The average Bonchev–Trinajstić information content (AvgIpc) is 3.24. The smallest absolute Gasteiger partial charge is 0.201 e. The van der Waals surface area contributed by atoms with Crippen molar-refractivity contribution in [3.63, 3.8) is 0 Å². The lowest BCUT2D eigenvalue weighted by Gasteiger charge is -2.52. The highest BCUT2D eigenvalue weighted by atomic mass is 16.6. The van der Waals surface area contributed by atoms with Crippen LogP contribution in [-0.2, 0) is 33.7 Å². The number of hydrogen-bond acceptors (Lipinski definition) is 19. The third-order valence-corrected chi connectivity index (χ3v) is 12.6. The molecule has 2 saturated heterocycles. The highest BCUT2D eigenvalue weighted by Crippen LogP contribution is 2.59. The first-order chi connectivity index (χ1) is 28.9. The van der Waals surface area contributed by atoms with E-state index in [-0.39, 0.29) is 22.3 Å². The molecule has 4 aromatic carbocycles. The van der Waals surface area contributed by atoms with Crippen LogP contribution in [0.4, 0.5) is 0 Å². The summed E-state index contributed by atoms with van der Waals surface area (Å²) in [4.78, 5) is 29.2. The minimum atomic E-state index is -2.93. The van der Waals surface area contributed by atoms with Crippen LogP contribution in [0.3, 0.4) is 0 Å². The summed E-state index contributed by atoms with van der Waals surface area (Å²) in [6, 6.07) is 9.95. The molecule has 19 nitrogen and oxygen atoms in total. The average molecular weight is 851 g/mol. The second-order valence-corrected chi connectivity index (χ2v) is 15.7. The van der Waals surface area contributed by atoms with Crippen LogP contribution in [0.25, 0.3) is 0 Å². The third kappa shape index (κ3) is 5.72. The van der Waals surface area contributed by atoms with Crippen LogP contribution >= 0.6 is 0 Å². The van der Waals surface area contributed by atoms with Gasteiger partial charge in [-0.25, -0.2) is 0 Å². The summed E-state index contributed by atoms with van der Waals surface area (Å²) in [5, 5.41) is 168. The number of aromatic hydroxyl groups is 4. The molecular formula is C42H42O19. The van der Waals surface area contributed by atoms with Gasteiger partial charge in [0.25, 0.3) is 0 Å². The molecule has 2 aliphatic carbocycles. The van der Waals surface area contributed by atoms with E-state index in [4.69, 9.17) is 9.47 Å². The monoisotopic (exact) mass is 850 g/mol. The summed E-state index contributed by atoms with van der Waals surface area (Å²) in [5.41, 5.74) is -10.6. The van der Waals surface area contributed by atoms with E-state index in [0.717, 1.165) is 36.4 Å². The lowest BCUT2D eigenvalue weighted by atomic mass is 9.56. The number of carbonyl (C=O) groups excluding carboxylic acids is 2. The van der Waals surface area contributed by atoms with Crippen LogP contribution in [0.5, 0.6) is 23.0 Å². The van der Waals surface area contributed by atoms with E-state index >= 15 is 0 Å². The van der Waals surface area contributed by atoms with E-state index in [1.807, 2.05) is 0 Å². The van der Waals surface area contributed by atoms with Gasteiger partial charge < -0.3 is 86.1 Å². The van der Waals surface area contributed by atoms with Crippen molar-refractivity contribution >= 4 is 11.6 Å². The quantitative estimate of drug-likeness (QED) is 0.0872. The molecule has 12 atom stereocenters. The predicted molar refractivity (Wildman–Crippen MR) is 202 cm³/mol. The van der Waals surface area contributed by atoms with E-state index in [0.29, 0.717) is 0 Å². The predicted octanol–water partition coefficient (Wildman–Crippen LogP) is -3.16. The van der Waals surface area contributed by atoms with Crippen molar-refractivity contribution < 1.29 is 95.7 Å². The summed E-state index contributed by atoms with van der Waals surface area (Å²) in [5.74, 6) is -5.69. The number of ether oxygens (including phenoxy) is 2. The first kappa shape index (κ1) is 42.6. The van der Waals surface area contributed by atoms with E-state index in [2.05, 4.69) is 0 Å². The lowest BCUT2D eigenvalue weighted by molar-refractivity contribution is -0.265. The Hall–Kier alpha value is -5.10. The molecule has 4 aromatic rings. The maximum absolute atomic E-state index is 14.9. The largest absolute Gasteiger partial charge is 0.507 e. The van der Waals surface area contributed by atoms with Gasteiger partial charge in [-0.1, -0.05) is 30.3 Å². The molecule has 0 amide bonds. The molecule has 19 heteroatoms. The van der Waals surface area contributed by atoms with Gasteiger partial charge in [-0.3, -0.25) is 9.59 Å². The van der Waals surface area contributed by atoms with E-state index in [1.54, 1.807) is 0 Å². The molecule has 61 heavy (non-hydrogen) atoms. The van der Waals surface area contributed by atoms with Gasteiger partial charge >= 0.3 is 0 Å². The molecular weight excluding hydrogens is 808 g/mol. The summed E-state index contributed by atoms with van der Waals surface area (Å²) >= 11 is 0. The number of hydrogen-bond donors (Lipinski definition) is 15. The molecule has 0 radical (unpaired) electrons. The molecule has 15 N–H and O–H groups in total. The number of aliphatic hydroxyl groups is 11. The second-order valence-electron chi connectivity index (χ2n) is 15.7. The first-order valence-electron chi connectivity index (χ1n) is 19.0. The molecule has 2 heterocycles. The topological polar surface area (TPSA) is 356 Å². The minimum absolute atomic E-state index is 0.0642. The van der Waals surface area contributed by atoms with Gasteiger partial charge in [-0.2, -0.15) is 0 Å². The number of fused-ring (bicyclic) bond motifs is 4. The Bertz CT molecular complexity index is 2450. The number of phenolic OH excluding ortho intramolecular Hbond substituents is 4. The molecule has 2 aliphatic heterocycles. The van der Waals surface area contributed by atoms with Crippen LogP contribution in [0.2, 0.25) is 0 Å². The normalized spacial score (nSPS) is 33.1. The Balaban J connectivity index is 1.53. The number of carbonyl (C=O) groups is 2. The van der Waals surface area contributed by atoms with Crippen LogP contribution in [0.15, 0.2) is 54.6 Å².